The van der Waals surface area contributed by atoms with Gasteiger partial charge in [-0.05, 0) is 42.7 Å². The Morgan fingerprint density at radius 1 is 1.15 bits per heavy atom. The van der Waals surface area contributed by atoms with Gasteiger partial charge >= 0.3 is 11.9 Å². The molecule has 5 heteroatoms. The Hall–Kier alpha value is -2.66. The number of esters is 1. The fourth-order valence-corrected chi connectivity index (χ4v) is 3.80. The number of hydrogen-bond acceptors (Lipinski definition) is 4. The SMILES string of the molecule is CCOC(=O)c1ccc(C)c([C@H]2CN(Cc3ccccc3)C[C@@H]2C(=O)O)c1. The Bertz CT molecular complexity index is 818. The molecule has 0 radical (unpaired) electrons. The molecule has 0 spiro atoms. The molecule has 0 aliphatic carbocycles. The van der Waals surface area contributed by atoms with Crippen molar-refractivity contribution in [1.82, 2.24) is 4.90 Å². The van der Waals surface area contributed by atoms with Crippen LogP contribution in [-0.2, 0) is 16.1 Å². The van der Waals surface area contributed by atoms with E-state index in [1.54, 1.807) is 19.1 Å². The molecule has 27 heavy (non-hydrogen) atoms. The molecule has 1 saturated heterocycles. The van der Waals surface area contributed by atoms with Crippen molar-refractivity contribution in [3.05, 3.63) is 70.8 Å². The van der Waals surface area contributed by atoms with Crippen molar-refractivity contribution in [2.75, 3.05) is 19.7 Å². The molecule has 1 aliphatic rings. The highest BCUT2D eigenvalue weighted by Crippen LogP contribution is 2.36. The molecule has 0 saturated carbocycles. The highest BCUT2D eigenvalue weighted by atomic mass is 16.5. The molecule has 2 aromatic carbocycles. The molecule has 3 rings (SSSR count). The average molecular weight is 367 g/mol. The van der Waals surface area contributed by atoms with Crippen molar-refractivity contribution < 1.29 is 19.4 Å². The van der Waals surface area contributed by atoms with Crippen LogP contribution in [0.15, 0.2) is 48.5 Å². The Morgan fingerprint density at radius 3 is 2.56 bits per heavy atom. The standard InChI is InChI=1S/C22H25NO4/c1-3-27-22(26)17-10-9-15(2)18(11-17)19-13-23(14-20(19)21(24)25)12-16-7-5-4-6-8-16/h4-11,19-20H,3,12-14H2,1-2H3,(H,24,25)/t19-,20+/m1/s1. The number of aliphatic carboxylic acids is 1. The first-order valence-corrected chi connectivity index (χ1v) is 9.26. The summed E-state index contributed by atoms with van der Waals surface area (Å²) in [5, 5.41) is 9.76. The van der Waals surface area contributed by atoms with Crippen LogP contribution >= 0.6 is 0 Å². The average Bonchev–Trinajstić information content (AvgIpc) is 3.07. The van der Waals surface area contributed by atoms with Crippen LogP contribution < -0.4 is 0 Å². The van der Waals surface area contributed by atoms with Gasteiger partial charge in [-0.25, -0.2) is 4.79 Å². The molecule has 0 bridgehead atoms. The predicted molar refractivity (Wildman–Crippen MR) is 103 cm³/mol. The maximum absolute atomic E-state index is 12.1. The second kappa shape index (κ2) is 8.35. The summed E-state index contributed by atoms with van der Waals surface area (Å²) in [5.41, 5.74) is 3.56. The van der Waals surface area contributed by atoms with Crippen LogP contribution in [-0.4, -0.2) is 41.6 Å². The molecule has 0 aromatic heterocycles. The number of nitrogens with zero attached hydrogens (tertiary/aromatic N) is 1. The van der Waals surface area contributed by atoms with Crippen molar-refractivity contribution >= 4 is 11.9 Å². The van der Waals surface area contributed by atoms with Gasteiger partial charge in [-0.15, -0.1) is 0 Å². The number of aryl methyl sites for hydroxylation is 1. The van der Waals surface area contributed by atoms with E-state index in [9.17, 15) is 14.7 Å². The van der Waals surface area contributed by atoms with Gasteiger partial charge in [0.2, 0.25) is 0 Å². The summed E-state index contributed by atoms with van der Waals surface area (Å²) >= 11 is 0. The van der Waals surface area contributed by atoms with Crippen LogP contribution in [0, 0.1) is 12.8 Å². The third-order valence-electron chi connectivity index (χ3n) is 5.15. The van der Waals surface area contributed by atoms with Crippen molar-refractivity contribution in [2.24, 2.45) is 5.92 Å². The quantitative estimate of drug-likeness (QED) is 0.792. The summed E-state index contributed by atoms with van der Waals surface area (Å²) in [6, 6.07) is 15.5. The predicted octanol–water partition coefficient (Wildman–Crippen LogP) is 3.47. The zero-order valence-electron chi connectivity index (χ0n) is 15.7. The van der Waals surface area contributed by atoms with Gasteiger partial charge in [0.05, 0.1) is 18.1 Å². The summed E-state index contributed by atoms with van der Waals surface area (Å²) in [4.78, 5) is 26.2. The summed E-state index contributed by atoms with van der Waals surface area (Å²) in [6.45, 7) is 5.91. The number of likely N-dealkylation sites (tertiary alicyclic amines) is 1. The van der Waals surface area contributed by atoms with Crippen LogP contribution in [0.25, 0.3) is 0 Å². The Morgan fingerprint density at radius 2 is 1.89 bits per heavy atom. The summed E-state index contributed by atoms with van der Waals surface area (Å²) in [5.74, 6) is -1.81. The first-order chi connectivity index (χ1) is 13.0. The lowest BCUT2D eigenvalue weighted by Gasteiger charge is -2.19. The van der Waals surface area contributed by atoms with Crippen LogP contribution in [0.5, 0.6) is 0 Å². The molecule has 5 nitrogen and oxygen atoms in total. The van der Waals surface area contributed by atoms with Gasteiger partial charge < -0.3 is 9.84 Å². The fourth-order valence-electron chi connectivity index (χ4n) is 3.80. The Labute approximate surface area is 159 Å². The Kier molecular flexibility index (Phi) is 5.91. The highest BCUT2D eigenvalue weighted by molar-refractivity contribution is 5.89. The van der Waals surface area contributed by atoms with E-state index in [1.807, 2.05) is 31.2 Å². The molecule has 1 aliphatic heterocycles. The van der Waals surface area contributed by atoms with E-state index >= 15 is 0 Å². The second-order valence-corrected chi connectivity index (χ2v) is 7.02. The summed E-state index contributed by atoms with van der Waals surface area (Å²) in [6.07, 6.45) is 0. The van der Waals surface area contributed by atoms with Gasteiger partial charge in [0.1, 0.15) is 0 Å². The topological polar surface area (TPSA) is 66.8 Å². The van der Waals surface area contributed by atoms with E-state index in [0.717, 1.165) is 17.7 Å². The largest absolute Gasteiger partial charge is 0.481 e. The van der Waals surface area contributed by atoms with Gasteiger partial charge in [-0.2, -0.15) is 0 Å². The van der Waals surface area contributed by atoms with E-state index in [2.05, 4.69) is 17.0 Å². The third kappa shape index (κ3) is 4.37. The first kappa shape index (κ1) is 19.1. The normalized spacial score (nSPS) is 19.8. The van der Waals surface area contributed by atoms with E-state index < -0.39 is 11.9 Å². The summed E-state index contributed by atoms with van der Waals surface area (Å²) < 4.78 is 5.09. The van der Waals surface area contributed by atoms with Crippen molar-refractivity contribution in [2.45, 2.75) is 26.3 Å². The van der Waals surface area contributed by atoms with E-state index in [4.69, 9.17) is 4.74 Å². The van der Waals surface area contributed by atoms with E-state index in [0.29, 0.717) is 25.3 Å². The minimum atomic E-state index is -0.795. The molecular formula is C22H25NO4. The smallest absolute Gasteiger partial charge is 0.338 e. The Balaban J connectivity index is 1.86. The number of carbonyl (C=O) groups excluding carboxylic acids is 1. The van der Waals surface area contributed by atoms with Gasteiger partial charge in [0.25, 0.3) is 0 Å². The third-order valence-corrected chi connectivity index (χ3v) is 5.15. The number of carbonyl (C=O) groups is 2. The van der Waals surface area contributed by atoms with Crippen LogP contribution in [0.2, 0.25) is 0 Å². The number of carboxylic acids is 1. The lowest BCUT2D eigenvalue weighted by atomic mass is 9.85. The molecule has 2 aromatic rings. The van der Waals surface area contributed by atoms with Gasteiger partial charge in [-0.3, -0.25) is 9.69 Å². The van der Waals surface area contributed by atoms with Crippen LogP contribution in [0.1, 0.15) is 39.9 Å². The highest BCUT2D eigenvalue weighted by Gasteiger charge is 2.39. The number of carboxylic acid groups (broad SMARTS) is 1. The van der Waals surface area contributed by atoms with Crippen molar-refractivity contribution in [1.29, 1.82) is 0 Å². The van der Waals surface area contributed by atoms with Gasteiger partial charge in [0, 0.05) is 25.6 Å². The molecule has 1 fully saturated rings. The second-order valence-electron chi connectivity index (χ2n) is 7.02. The zero-order chi connectivity index (χ0) is 19.4. The van der Waals surface area contributed by atoms with Gasteiger partial charge in [-0.1, -0.05) is 36.4 Å². The lowest BCUT2D eigenvalue weighted by molar-refractivity contribution is -0.141. The van der Waals surface area contributed by atoms with E-state index in [1.165, 1.54) is 5.56 Å². The van der Waals surface area contributed by atoms with Crippen molar-refractivity contribution in [3.8, 4) is 0 Å². The van der Waals surface area contributed by atoms with E-state index in [-0.39, 0.29) is 11.9 Å². The molecule has 0 unspecified atom stereocenters. The first-order valence-electron chi connectivity index (χ1n) is 9.26. The molecule has 0 amide bonds. The summed E-state index contributed by atoms with van der Waals surface area (Å²) in [7, 11) is 0. The molecule has 1 heterocycles. The van der Waals surface area contributed by atoms with Crippen LogP contribution in [0.4, 0.5) is 0 Å². The number of ether oxygens (including phenoxy) is 1. The molecular weight excluding hydrogens is 342 g/mol. The molecule has 1 N–H and O–H groups in total. The van der Waals surface area contributed by atoms with Gasteiger partial charge in [0.15, 0.2) is 0 Å². The zero-order valence-corrected chi connectivity index (χ0v) is 15.7. The number of rotatable bonds is 6. The minimum Gasteiger partial charge on any atom is -0.481 e. The maximum atomic E-state index is 12.1. The molecule has 2 atom stereocenters. The monoisotopic (exact) mass is 367 g/mol. The minimum absolute atomic E-state index is 0.152. The lowest BCUT2D eigenvalue weighted by Crippen LogP contribution is -2.23. The van der Waals surface area contributed by atoms with Crippen molar-refractivity contribution in [3.63, 3.8) is 0 Å². The fraction of sp³-hybridized carbons (Fsp3) is 0.364. The molecule has 142 valence electrons. The number of hydrogen-bond donors (Lipinski definition) is 1. The number of benzene rings is 2. The van der Waals surface area contributed by atoms with Crippen LogP contribution in [0.3, 0.4) is 0 Å². The maximum Gasteiger partial charge on any atom is 0.338 e.